The molecule has 0 saturated heterocycles. The van der Waals surface area contributed by atoms with Crippen LogP contribution in [0.25, 0.3) is 5.52 Å². The summed E-state index contributed by atoms with van der Waals surface area (Å²) in [5, 5.41) is 2.84. The number of carbonyl (C=O) groups excluding carboxylic acids is 1. The molecule has 0 bridgehead atoms. The minimum absolute atomic E-state index is 0.204. The highest BCUT2D eigenvalue weighted by molar-refractivity contribution is 7.91. The van der Waals surface area contributed by atoms with Gasteiger partial charge in [0.15, 0.2) is 0 Å². The number of aromatic nitrogens is 2. The summed E-state index contributed by atoms with van der Waals surface area (Å²) in [5.41, 5.74) is 2.19. The number of benzene rings is 2. The Hall–Kier alpha value is -3.45. The lowest BCUT2D eigenvalue weighted by atomic mass is 10.2. The Morgan fingerprint density at radius 3 is 2.43 bits per heavy atom. The second-order valence-electron chi connectivity index (χ2n) is 6.28. The standard InChI is InChI=1S/C21H17N3O3S/c25-21(17-10-11-24-15-22-14-18(24)12-17)23-13-16-6-8-20(9-7-16)28(26,27)19-4-2-1-3-5-19/h1-12,14-15H,13H2,(H,23,25). The molecular weight excluding hydrogens is 374 g/mol. The lowest BCUT2D eigenvalue weighted by Crippen LogP contribution is -2.22. The van der Waals surface area contributed by atoms with E-state index in [1.54, 1.807) is 85.5 Å². The second-order valence-corrected chi connectivity index (χ2v) is 8.23. The number of hydrogen-bond acceptors (Lipinski definition) is 4. The molecule has 4 rings (SSSR count). The van der Waals surface area contributed by atoms with E-state index in [9.17, 15) is 13.2 Å². The van der Waals surface area contributed by atoms with Crippen molar-refractivity contribution in [3.8, 4) is 0 Å². The highest BCUT2D eigenvalue weighted by Crippen LogP contribution is 2.20. The lowest BCUT2D eigenvalue weighted by Gasteiger charge is -2.08. The molecule has 28 heavy (non-hydrogen) atoms. The van der Waals surface area contributed by atoms with Gasteiger partial charge in [-0.2, -0.15) is 0 Å². The molecule has 0 saturated carbocycles. The number of pyridine rings is 1. The zero-order chi connectivity index (χ0) is 19.6. The van der Waals surface area contributed by atoms with E-state index in [-0.39, 0.29) is 15.7 Å². The number of nitrogens with one attached hydrogen (secondary N) is 1. The van der Waals surface area contributed by atoms with Crippen molar-refractivity contribution in [3.05, 3.63) is 96.6 Å². The van der Waals surface area contributed by atoms with Crippen molar-refractivity contribution in [2.24, 2.45) is 0 Å². The lowest BCUT2D eigenvalue weighted by molar-refractivity contribution is 0.0951. The zero-order valence-corrected chi connectivity index (χ0v) is 15.6. The maximum Gasteiger partial charge on any atom is 0.251 e. The summed E-state index contributed by atoms with van der Waals surface area (Å²) in [6.07, 6.45) is 5.13. The molecule has 4 aromatic rings. The topological polar surface area (TPSA) is 80.5 Å². The maximum atomic E-state index is 12.6. The minimum Gasteiger partial charge on any atom is -0.348 e. The first kappa shape index (κ1) is 17.9. The number of carbonyl (C=O) groups is 1. The average molecular weight is 391 g/mol. The second kappa shape index (κ2) is 7.28. The molecule has 140 valence electrons. The number of amides is 1. The summed E-state index contributed by atoms with van der Waals surface area (Å²) < 4.78 is 27.0. The average Bonchev–Trinajstić information content (AvgIpc) is 3.21. The monoisotopic (exact) mass is 391 g/mol. The molecule has 1 N–H and O–H groups in total. The van der Waals surface area contributed by atoms with E-state index in [0.717, 1.165) is 11.1 Å². The van der Waals surface area contributed by atoms with Gasteiger partial charge in [0, 0.05) is 18.3 Å². The van der Waals surface area contributed by atoms with Gasteiger partial charge in [0.05, 0.1) is 27.8 Å². The van der Waals surface area contributed by atoms with Crippen molar-refractivity contribution in [3.63, 3.8) is 0 Å². The van der Waals surface area contributed by atoms with Crippen molar-refractivity contribution < 1.29 is 13.2 Å². The third-order valence-electron chi connectivity index (χ3n) is 4.42. The van der Waals surface area contributed by atoms with Crippen LogP contribution in [0.15, 0.2) is 95.2 Å². The van der Waals surface area contributed by atoms with Crippen LogP contribution < -0.4 is 5.32 Å². The number of fused-ring (bicyclic) bond motifs is 1. The Kier molecular flexibility index (Phi) is 4.67. The molecule has 6 nitrogen and oxygen atoms in total. The van der Waals surface area contributed by atoms with Gasteiger partial charge in [-0.1, -0.05) is 30.3 Å². The molecule has 1 amide bonds. The third kappa shape index (κ3) is 3.52. The van der Waals surface area contributed by atoms with Gasteiger partial charge in [-0.15, -0.1) is 0 Å². The molecule has 0 spiro atoms. The van der Waals surface area contributed by atoms with E-state index in [1.807, 2.05) is 4.40 Å². The third-order valence-corrected chi connectivity index (χ3v) is 6.20. The van der Waals surface area contributed by atoms with Gasteiger partial charge in [-0.3, -0.25) is 4.79 Å². The van der Waals surface area contributed by atoms with Gasteiger partial charge in [0.2, 0.25) is 9.84 Å². The number of nitrogens with zero attached hydrogens (tertiary/aromatic N) is 2. The molecule has 0 atom stereocenters. The molecule has 0 radical (unpaired) electrons. The van der Waals surface area contributed by atoms with Gasteiger partial charge in [-0.25, -0.2) is 13.4 Å². The summed E-state index contributed by atoms with van der Waals surface area (Å²) in [6, 6.07) is 18.3. The smallest absolute Gasteiger partial charge is 0.251 e. The molecule has 7 heteroatoms. The summed E-state index contributed by atoms with van der Waals surface area (Å²) in [6.45, 7) is 0.301. The predicted molar refractivity (Wildman–Crippen MR) is 105 cm³/mol. The first-order valence-electron chi connectivity index (χ1n) is 8.63. The molecule has 2 aromatic heterocycles. The van der Waals surface area contributed by atoms with Crippen molar-refractivity contribution in [1.29, 1.82) is 0 Å². The fourth-order valence-corrected chi connectivity index (χ4v) is 4.15. The molecule has 2 aromatic carbocycles. The molecule has 0 unspecified atom stereocenters. The Balaban J connectivity index is 1.45. The highest BCUT2D eigenvalue weighted by atomic mass is 32.2. The first-order valence-corrected chi connectivity index (χ1v) is 10.1. The van der Waals surface area contributed by atoms with Gasteiger partial charge in [-0.05, 0) is 42.0 Å². The fraction of sp³-hybridized carbons (Fsp3) is 0.0476. The number of rotatable bonds is 5. The number of imidazole rings is 1. The first-order chi connectivity index (χ1) is 13.5. The largest absolute Gasteiger partial charge is 0.348 e. The molecule has 0 aliphatic carbocycles. The van der Waals surface area contributed by atoms with Crippen LogP contribution in [0.3, 0.4) is 0 Å². The van der Waals surface area contributed by atoms with Crippen LogP contribution in [-0.2, 0) is 16.4 Å². The van der Waals surface area contributed by atoms with Crippen LogP contribution in [-0.4, -0.2) is 23.7 Å². The highest BCUT2D eigenvalue weighted by Gasteiger charge is 2.16. The van der Waals surface area contributed by atoms with Gasteiger partial charge >= 0.3 is 0 Å². The Labute approximate surface area is 162 Å². The van der Waals surface area contributed by atoms with E-state index in [0.29, 0.717) is 12.1 Å². The summed E-state index contributed by atoms with van der Waals surface area (Å²) in [7, 11) is -3.54. The summed E-state index contributed by atoms with van der Waals surface area (Å²) in [4.78, 5) is 16.9. The quantitative estimate of drug-likeness (QED) is 0.567. The van der Waals surface area contributed by atoms with Crippen molar-refractivity contribution in [2.45, 2.75) is 16.3 Å². The zero-order valence-electron chi connectivity index (χ0n) is 14.8. The molecular formula is C21H17N3O3S. The normalized spacial score (nSPS) is 11.4. The van der Waals surface area contributed by atoms with Crippen LogP contribution in [0, 0.1) is 0 Å². The van der Waals surface area contributed by atoms with Gasteiger partial charge in [0.25, 0.3) is 5.91 Å². The minimum atomic E-state index is -3.54. The van der Waals surface area contributed by atoms with Crippen molar-refractivity contribution in [1.82, 2.24) is 14.7 Å². The van der Waals surface area contributed by atoms with E-state index < -0.39 is 9.84 Å². The van der Waals surface area contributed by atoms with E-state index >= 15 is 0 Å². The van der Waals surface area contributed by atoms with Crippen LogP contribution in [0.2, 0.25) is 0 Å². The Morgan fingerprint density at radius 1 is 0.964 bits per heavy atom. The SMILES string of the molecule is O=C(NCc1ccc(S(=O)(=O)c2ccccc2)cc1)c1ccn2cncc2c1. The Morgan fingerprint density at radius 2 is 1.68 bits per heavy atom. The van der Waals surface area contributed by atoms with Crippen LogP contribution in [0.1, 0.15) is 15.9 Å². The maximum absolute atomic E-state index is 12.6. The van der Waals surface area contributed by atoms with E-state index in [4.69, 9.17) is 0 Å². The molecule has 2 heterocycles. The summed E-state index contributed by atoms with van der Waals surface area (Å²) >= 11 is 0. The van der Waals surface area contributed by atoms with E-state index in [2.05, 4.69) is 10.3 Å². The van der Waals surface area contributed by atoms with E-state index in [1.165, 1.54) is 0 Å². The van der Waals surface area contributed by atoms with Crippen LogP contribution in [0.5, 0.6) is 0 Å². The summed E-state index contributed by atoms with van der Waals surface area (Å²) in [5.74, 6) is -0.204. The molecule has 0 fully saturated rings. The van der Waals surface area contributed by atoms with Crippen molar-refractivity contribution >= 4 is 21.3 Å². The number of hydrogen-bond donors (Lipinski definition) is 1. The van der Waals surface area contributed by atoms with Crippen LogP contribution >= 0.6 is 0 Å². The fourth-order valence-electron chi connectivity index (χ4n) is 2.87. The van der Waals surface area contributed by atoms with Gasteiger partial charge in [0.1, 0.15) is 0 Å². The van der Waals surface area contributed by atoms with Crippen LogP contribution in [0.4, 0.5) is 0 Å². The molecule has 0 aliphatic heterocycles. The van der Waals surface area contributed by atoms with Crippen molar-refractivity contribution in [2.75, 3.05) is 0 Å². The molecule has 0 aliphatic rings. The Bertz CT molecular complexity index is 1230. The van der Waals surface area contributed by atoms with Gasteiger partial charge < -0.3 is 9.72 Å². The number of sulfone groups is 1. The predicted octanol–water partition coefficient (Wildman–Crippen LogP) is 3.10.